The summed E-state index contributed by atoms with van der Waals surface area (Å²) in [6.07, 6.45) is 0.952. The van der Waals surface area contributed by atoms with Crippen molar-refractivity contribution in [1.82, 2.24) is 19.9 Å². The van der Waals surface area contributed by atoms with Gasteiger partial charge in [0.1, 0.15) is 0 Å². The van der Waals surface area contributed by atoms with Gasteiger partial charge in [-0.3, -0.25) is 4.79 Å². The molecule has 0 spiro atoms. The third-order valence-electron chi connectivity index (χ3n) is 6.97. The molecule has 0 radical (unpaired) electrons. The highest BCUT2D eigenvalue weighted by Gasteiger charge is 2.51. The summed E-state index contributed by atoms with van der Waals surface area (Å²) < 4.78 is 46.5. The molecule has 2 N–H and O–H groups in total. The Labute approximate surface area is 214 Å². The first-order valence-electron chi connectivity index (χ1n) is 12.1. The van der Waals surface area contributed by atoms with Gasteiger partial charge in [0, 0.05) is 42.3 Å². The molecule has 1 aliphatic carbocycles. The lowest BCUT2D eigenvalue weighted by Crippen LogP contribution is -2.49. The number of aromatic nitrogens is 3. The number of hydrogen-bond donors (Lipinski definition) is 2. The van der Waals surface area contributed by atoms with E-state index in [0.717, 1.165) is 17.3 Å². The SMILES string of the molecule is O=C(OC1CCC1(F)F)N1CCc2cc(-c3ncc(F)c(Nc4ccc5c(=O)[nH]ccc5c4)n3)ccc2C1. The van der Waals surface area contributed by atoms with Crippen LogP contribution in [0.25, 0.3) is 22.2 Å². The van der Waals surface area contributed by atoms with E-state index >= 15 is 0 Å². The van der Waals surface area contributed by atoms with Gasteiger partial charge in [0.25, 0.3) is 11.5 Å². The summed E-state index contributed by atoms with van der Waals surface area (Å²) in [6, 6.07) is 12.3. The summed E-state index contributed by atoms with van der Waals surface area (Å²) in [6.45, 7) is 0.573. The van der Waals surface area contributed by atoms with E-state index in [1.165, 1.54) is 4.90 Å². The van der Waals surface area contributed by atoms with Crippen LogP contribution in [0.1, 0.15) is 24.0 Å². The Kier molecular flexibility index (Phi) is 5.77. The largest absolute Gasteiger partial charge is 0.440 e. The fourth-order valence-electron chi connectivity index (χ4n) is 4.67. The molecule has 2 aromatic carbocycles. The number of hydrogen-bond acceptors (Lipinski definition) is 6. The van der Waals surface area contributed by atoms with Crippen LogP contribution in [0.3, 0.4) is 0 Å². The molecule has 8 nitrogen and oxygen atoms in total. The number of alkyl halides is 2. The maximum atomic E-state index is 14.6. The predicted octanol–water partition coefficient (Wildman–Crippen LogP) is 5.16. The van der Waals surface area contributed by atoms with E-state index in [-0.39, 0.29) is 30.8 Å². The van der Waals surface area contributed by atoms with Gasteiger partial charge in [-0.1, -0.05) is 12.1 Å². The number of nitrogens with zero attached hydrogens (tertiary/aromatic N) is 3. The number of fused-ring (bicyclic) bond motifs is 2. The number of aromatic amines is 1. The number of benzene rings is 2. The summed E-state index contributed by atoms with van der Waals surface area (Å²) in [4.78, 5) is 36.9. The molecule has 2 aliphatic rings. The van der Waals surface area contributed by atoms with Crippen LogP contribution in [-0.4, -0.2) is 44.5 Å². The number of carbonyl (C=O) groups excluding carboxylic acids is 1. The van der Waals surface area contributed by atoms with Gasteiger partial charge in [0.2, 0.25) is 0 Å². The number of rotatable bonds is 4. The Hall–Kier alpha value is -4.41. The number of anilines is 2. The van der Waals surface area contributed by atoms with E-state index < -0.39 is 23.9 Å². The lowest BCUT2D eigenvalue weighted by molar-refractivity contribution is -0.179. The highest BCUT2D eigenvalue weighted by Crippen LogP contribution is 2.40. The van der Waals surface area contributed by atoms with Crippen molar-refractivity contribution in [3.63, 3.8) is 0 Å². The van der Waals surface area contributed by atoms with E-state index in [4.69, 9.17) is 4.74 Å². The smallest absolute Gasteiger partial charge is 0.410 e. The Morgan fingerprint density at radius 1 is 1.16 bits per heavy atom. The van der Waals surface area contributed by atoms with Crippen LogP contribution in [-0.2, 0) is 17.7 Å². The molecule has 3 heterocycles. The third-order valence-corrected chi connectivity index (χ3v) is 6.97. The first-order chi connectivity index (χ1) is 18.3. The summed E-state index contributed by atoms with van der Waals surface area (Å²) >= 11 is 0. The summed E-state index contributed by atoms with van der Waals surface area (Å²) in [5, 5.41) is 4.17. The first kappa shape index (κ1) is 24.0. The van der Waals surface area contributed by atoms with Gasteiger partial charge in [-0.15, -0.1) is 0 Å². The Morgan fingerprint density at radius 2 is 2.03 bits per heavy atom. The van der Waals surface area contributed by atoms with Gasteiger partial charge in [-0.25, -0.2) is 27.9 Å². The number of ether oxygens (including phenoxy) is 1. The minimum Gasteiger partial charge on any atom is -0.440 e. The molecular formula is C27H22F3N5O3. The summed E-state index contributed by atoms with van der Waals surface area (Å²) in [5.74, 6) is -3.29. The summed E-state index contributed by atoms with van der Waals surface area (Å²) in [5.41, 5.74) is 2.84. The van der Waals surface area contributed by atoms with Crippen molar-refractivity contribution in [3.05, 3.63) is 82.2 Å². The normalized spacial score (nSPS) is 18.0. The number of amides is 1. The van der Waals surface area contributed by atoms with Crippen molar-refractivity contribution in [2.45, 2.75) is 37.8 Å². The van der Waals surface area contributed by atoms with Crippen LogP contribution >= 0.6 is 0 Å². The Balaban J connectivity index is 1.19. The van der Waals surface area contributed by atoms with E-state index in [0.29, 0.717) is 40.8 Å². The van der Waals surface area contributed by atoms with Crippen molar-refractivity contribution in [2.24, 2.45) is 0 Å². The van der Waals surface area contributed by atoms with Gasteiger partial charge in [-0.05, 0) is 59.7 Å². The fourth-order valence-corrected chi connectivity index (χ4v) is 4.67. The highest BCUT2D eigenvalue weighted by molar-refractivity contribution is 5.85. The average Bonchev–Trinajstić information content (AvgIpc) is 2.91. The molecule has 38 heavy (non-hydrogen) atoms. The van der Waals surface area contributed by atoms with Crippen molar-refractivity contribution in [1.29, 1.82) is 0 Å². The zero-order chi connectivity index (χ0) is 26.4. The second kappa shape index (κ2) is 9.16. The van der Waals surface area contributed by atoms with Crippen molar-refractivity contribution in [3.8, 4) is 11.4 Å². The molecule has 0 bridgehead atoms. The maximum Gasteiger partial charge on any atom is 0.410 e. The Morgan fingerprint density at radius 3 is 2.82 bits per heavy atom. The maximum absolute atomic E-state index is 14.6. The van der Waals surface area contributed by atoms with Crippen molar-refractivity contribution in [2.75, 3.05) is 11.9 Å². The number of nitrogens with one attached hydrogen (secondary N) is 2. The number of pyridine rings is 1. The zero-order valence-corrected chi connectivity index (χ0v) is 20.0. The second-order valence-corrected chi connectivity index (χ2v) is 9.45. The second-order valence-electron chi connectivity index (χ2n) is 9.45. The molecular weight excluding hydrogens is 499 g/mol. The molecule has 2 aromatic heterocycles. The van der Waals surface area contributed by atoms with Crippen LogP contribution in [0, 0.1) is 5.82 Å². The third kappa shape index (κ3) is 4.44. The number of carbonyl (C=O) groups is 1. The van der Waals surface area contributed by atoms with Gasteiger partial charge in [0.15, 0.2) is 23.6 Å². The molecule has 1 atom stereocenters. The van der Waals surface area contributed by atoms with Crippen LogP contribution in [0.5, 0.6) is 0 Å². The lowest BCUT2D eigenvalue weighted by Gasteiger charge is -2.37. The highest BCUT2D eigenvalue weighted by atomic mass is 19.3. The summed E-state index contributed by atoms with van der Waals surface area (Å²) in [7, 11) is 0. The van der Waals surface area contributed by atoms with Gasteiger partial charge in [-0.2, -0.15) is 0 Å². The molecule has 1 aliphatic heterocycles. The molecule has 1 amide bonds. The van der Waals surface area contributed by atoms with Gasteiger partial charge in [0.05, 0.1) is 6.20 Å². The molecule has 4 aromatic rings. The van der Waals surface area contributed by atoms with Crippen LogP contribution in [0.2, 0.25) is 0 Å². The van der Waals surface area contributed by atoms with E-state index in [2.05, 4.69) is 20.3 Å². The van der Waals surface area contributed by atoms with E-state index in [9.17, 15) is 22.8 Å². The molecule has 6 rings (SSSR count). The predicted molar refractivity (Wildman–Crippen MR) is 134 cm³/mol. The number of H-pyrrole nitrogens is 1. The minimum absolute atomic E-state index is 0.0152. The monoisotopic (exact) mass is 521 g/mol. The minimum atomic E-state index is -2.95. The molecule has 1 fully saturated rings. The molecule has 0 saturated heterocycles. The van der Waals surface area contributed by atoms with E-state index in [1.54, 1.807) is 36.5 Å². The van der Waals surface area contributed by atoms with E-state index in [1.807, 2.05) is 12.1 Å². The van der Waals surface area contributed by atoms with Gasteiger partial charge < -0.3 is 19.9 Å². The quantitative estimate of drug-likeness (QED) is 0.385. The van der Waals surface area contributed by atoms with Crippen LogP contribution in [0.15, 0.2) is 59.7 Å². The Bertz CT molecular complexity index is 1620. The van der Waals surface area contributed by atoms with Crippen molar-refractivity contribution < 1.29 is 22.7 Å². The van der Waals surface area contributed by atoms with Crippen molar-refractivity contribution >= 4 is 28.4 Å². The number of halogens is 3. The fraction of sp³-hybridized carbons (Fsp3) is 0.259. The standard InChI is InChI=1S/C27H22F3N5O3/c28-21-13-32-23(34-24(21)33-19-3-4-20-16(12-19)6-9-31-25(20)36)17-1-2-18-14-35(10-7-15(18)11-17)26(37)38-22-5-8-27(22,29)30/h1-4,6,9,11-13,22H,5,7-8,10,14H2,(H,31,36)(H,32,33,34). The lowest BCUT2D eigenvalue weighted by atomic mass is 9.91. The molecule has 1 saturated carbocycles. The average molecular weight is 521 g/mol. The van der Waals surface area contributed by atoms with Crippen LogP contribution in [0.4, 0.5) is 29.5 Å². The zero-order valence-electron chi connectivity index (χ0n) is 20.0. The molecule has 1 unspecified atom stereocenters. The van der Waals surface area contributed by atoms with Crippen LogP contribution < -0.4 is 10.9 Å². The topological polar surface area (TPSA) is 100 Å². The van der Waals surface area contributed by atoms with Gasteiger partial charge >= 0.3 is 6.09 Å². The molecule has 11 heteroatoms. The first-order valence-corrected chi connectivity index (χ1v) is 12.1. The molecule has 194 valence electrons.